The molecule has 3 heterocycles. The highest BCUT2D eigenvalue weighted by Gasteiger charge is 2.36. The van der Waals surface area contributed by atoms with Gasteiger partial charge < -0.3 is 19.5 Å². The minimum atomic E-state index is -0.253. The van der Waals surface area contributed by atoms with Gasteiger partial charge in [0.2, 0.25) is 16.8 Å². The molecular formula is C23H22N4O4S. The first kappa shape index (κ1) is 20.3. The van der Waals surface area contributed by atoms with Crippen LogP contribution >= 0.6 is 11.3 Å². The molecule has 8 nitrogen and oxygen atoms in total. The van der Waals surface area contributed by atoms with Gasteiger partial charge >= 0.3 is 0 Å². The molecular weight excluding hydrogens is 428 g/mol. The van der Waals surface area contributed by atoms with E-state index in [4.69, 9.17) is 24.3 Å². The van der Waals surface area contributed by atoms with Crippen molar-refractivity contribution in [3.8, 4) is 22.4 Å². The Labute approximate surface area is 188 Å². The standard InChI is InChI=1S/C23H22N4O4S/c1-12-19-14(13-9-10-16(29-2)21(31-4)20(13)30-3)11-18(28)25-22(19)27(26-12)23-24-15-7-5-6-8-17(15)32-23/h5-10,14H,11H2,1-4H3,(H,25,28)/t14-/m1/s1. The molecule has 0 aliphatic carbocycles. The van der Waals surface area contributed by atoms with Gasteiger partial charge in [0.1, 0.15) is 5.82 Å². The summed E-state index contributed by atoms with van der Waals surface area (Å²) in [6, 6.07) is 11.7. The minimum absolute atomic E-state index is 0.0957. The van der Waals surface area contributed by atoms with E-state index in [2.05, 4.69) is 5.32 Å². The number of anilines is 1. The number of carbonyl (C=O) groups is 1. The summed E-state index contributed by atoms with van der Waals surface area (Å²) in [5.41, 5.74) is 3.50. The molecule has 1 amide bonds. The summed E-state index contributed by atoms with van der Waals surface area (Å²) in [6.07, 6.45) is 0.269. The van der Waals surface area contributed by atoms with Gasteiger partial charge in [-0.25, -0.2) is 4.98 Å². The van der Waals surface area contributed by atoms with Gasteiger partial charge in [-0.3, -0.25) is 4.79 Å². The van der Waals surface area contributed by atoms with Gasteiger partial charge in [-0.1, -0.05) is 29.5 Å². The fourth-order valence-corrected chi connectivity index (χ4v) is 5.22. The van der Waals surface area contributed by atoms with Crippen LogP contribution in [0.15, 0.2) is 36.4 Å². The number of nitrogens with zero attached hydrogens (tertiary/aromatic N) is 3. The Hall–Kier alpha value is -3.59. The highest BCUT2D eigenvalue weighted by molar-refractivity contribution is 7.20. The van der Waals surface area contributed by atoms with Crippen LogP contribution in [-0.2, 0) is 4.79 Å². The number of ether oxygens (including phenoxy) is 3. The zero-order valence-corrected chi connectivity index (χ0v) is 18.9. The molecule has 0 saturated heterocycles. The fourth-order valence-electron chi connectivity index (χ4n) is 4.30. The van der Waals surface area contributed by atoms with E-state index in [-0.39, 0.29) is 18.2 Å². The second-order valence-electron chi connectivity index (χ2n) is 7.45. The number of para-hydroxylation sites is 1. The van der Waals surface area contributed by atoms with Crippen LogP contribution in [0.25, 0.3) is 15.3 Å². The zero-order valence-electron chi connectivity index (χ0n) is 18.1. The molecule has 2 aromatic carbocycles. The van der Waals surface area contributed by atoms with E-state index in [0.29, 0.717) is 28.2 Å². The largest absolute Gasteiger partial charge is 0.493 e. The molecule has 0 fully saturated rings. The molecule has 9 heteroatoms. The molecule has 0 spiro atoms. The molecule has 4 aromatic rings. The Kier molecular flexibility index (Phi) is 4.97. The van der Waals surface area contributed by atoms with Gasteiger partial charge in [0, 0.05) is 23.5 Å². The summed E-state index contributed by atoms with van der Waals surface area (Å²) in [5, 5.41) is 8.47. The van der Waals surface area contributed by atoms with E-state index in [1.54, 1.807) is 26.0 Å². The van der Waals surface area contributed by atoms with Crippen molar-refractivity contribution in [3.63, 3.8) is 0 Å². The Balaban J connectivity index is 1.69. The molecule has 0 radical (unpaired) electrons. The fraction of sp³-hybridized carbons (Fsp3) is 0.261. The average Bonchev–Trinajstić information content (AvgIpc) is 3.38. The van der Waals surface area contributed by atoms with Crippen molar-refractivity contribution in [1.82, 2.24) is 14.8 Å². The van der Waals surface area contributed by atoms with E-state index in [9.17, 15) is 4.79 Å². The molecule has 5 rings (SSSR count). The lowest BCUT2D eigenvalue weighted by atomic mass is 9.85. The van der Waals surface area contributed by atoms with E-state index in [1.807, 2.05) is 43.3 Å². The lowest BCUT2D eigenvalue weighted by Crippen LogP contribution is -2.25. The average molecular weight is 451 g/mol. The zero-order chi connectivity index (χ0) is 22.4. The molecule has 0 unspecified atom stereocenters. The monoisotopic (exact) mass is 450 g/mol. The normalized spacial score (nSPS) is 15.4. The predicted molar refractivity (Wildman–Crippen MR) is 123 cm³/mol. The number of carbonyl (C=O) groups excluding carboxylic acids is 1. The van der Waals surface area contributed by atoms with Crippen molar-refractivity contribution in [2.45, 2.75) is 19.3 Å². The second kappa shape index (κ2) is 7.83. The summed E-state index contributed by atoms with van der Waals surface area (Å²) >= 11 is 1.53. The first-order valence-corrected chi connectivity index (χ1v) is 10.9. The van der Waals surface area contributed by atoms with Crippen LogP contribution in [0.4, 0.5) is 5.82 Å². The third-order valence-corrected chi connectivity index (χ3v) is 6.69. The second-order valence-corrected chi connectivity index (χ2v) is 8.46. The van der Waals surface area contributed by atoms with Crippen LogP contribution < -0.4 is 19.5 Å². The first-order valence-electron chi connectivity index (χ1n) is 10.1. The van der Waals surface area contributed by atoms with Gasteiger partial charge in [-0.2, -0.15) is 9.78 Å². The smallest absolute Gasteiger partial charge is 0.226 e. The van der Waals surface area contributed by atoms with Crippen molar-refractivity contribution in [2.75, 3.05) is 26.6 Å². The maximum absolute atomic E-state index is 12.8. The highest BCUT2D eigenvalue weighted by atomic mass is 32.1. The summed E-state index contributed by atoms with van der Waals surface area (Å²) < 4.78 is 19.5. The Morgan fingerprint density at radius 2 is 1.84 bits per heavy atom. The van der Waals surface area contributed by atoms with Crippen LogP contribution in [0.2, 0.25) is 0 Å². The Morgan fingerprint density at radius 1 is 1.06 bits per heavy atom. The topological polar surface area (TPSA) is 87.5 Å². The van der Waals surface area contributed by atoms with E-state index in [0.717, 1.165) is 27.0 Å². The number of aromatic nitrogens is 3. The molecule has 164 valence electrons. The van der Waals surface area contributed by atoms with Gasteiger partial charge in [-0.15, -0.1) is 0 Å². The number of rotatable bonds is 5. The maximum Gasteiger partial charge on any atom is 0.226 e. The molecule has 1 atom stereocenters. The SMILES string of the molecule is COc1ccc([C@H]2CC(=O)Nc3c2c(C)nn3-c2nc3ccccc3s2)c(OC)c1OC. The Morgan fingerprint density at radius 3 is 2.56 bits per heavy atom. The van der Waals surface area contributed by atoms with Gasteiger partial charge in [-0.05, 0) is 25.1 Å². The molecule has 32 heavy (non-hydrogen) atoms. The van der Waals surface area contributed by atoms with Crippen molar-refractivity contribution in [2.24, 2.45) is 0 Å². The summed E-state index contributed by atoms with van der Waals surface area (Å²) in [4.78, 5) is 17.5. The third-order valence-electron chi connectivity index (χ3n) is 5.68. The maximum atomic E-state index is 12.8. The molecule has 0 bridgehead atoms. The number of nitrogens with one attached hydrogen (secondary N) is 1. The summed E-state index contributed by atoms with van der Waals surface area (Å²) in [6.45, 7) is 1.94. The van der Waals surface area contributed by atoms with Crippen molar-refractivity contribution in [1.29, 1.82) is 0 Å². The van der Waals surface area contributed by atoms with E-state index in [1.165, 1.54) is 11.3 Å². The molecule has 2 aromatic heterocycles. The Bertz CT molecular complexity index is 1310. The molecule has 0 saturated carbocycles. The van der Waals surface area contributed by atoms with Crippen LogP contribution in [0.3, 0.4) is 0 Å². The van der Waals surface area contributed by atoms with E-state index < -0.39 is 0 Å². The molecule has 1 aliphatic rings. The summed E-state index contributed by atoms with van der Waals surface area (Å²) in [7, 11) is 4.73. The van der Waals surface area contributed by atoms with Gasteiger partial charge in [0.05, 0.1) is 37.2 Å². The lowest BCUT2D eigenvalue weighted by molar-refractivity contribution is -0.116. The lowest BCUT2D eigenvalue weighted by Gasteiger charge is -2.26. The quantitative estimate of drug-likeness (QED) is 0.488. The highest BCUT2D eigenvalue weighted by Crippen LogP contribution is 2.48. The number of aryl methyl sites for hydroxylation is 1. The number of hydrogen-bond acceptors (Lipinski definition) is 7. The van der Waals surface area contributed by atoms with Gasteiger partial charge in [0.25, 0.3) is 0 Å². The third kappa shape index (κ3) is 3.08. The molecule has 1 N–H and O–H groups in total. The van der Waals surface area contributed by atoms with Crippen LogP contribution in [0, 0.1) is 6.92 Å². The number of methoxy groups -OCH3 is 3. The van der Waals surface area contributed by atoms with Crippen molar-refractivity contribution in [3.05, 3.63) is 53.2 Å². The number of fused-ring (bicyclic) bond motifs is 2. The predicted octanol–water partition coefficient (Wildman–Crippen LogP) is 4.29. The van der Waals surface area contributed by atoms with E-state index >= 15 is 0 Å². The number of thiazole rings is 1. The van der Waals surface area contributed by atoms with Gasteiger partial charge in [0.15, 0.2) is 11.5 Å². The van der Waals surface area contributed by atoms with Crippen LogP contribution in [-0.4, -0.2) is 42.0 Å². The molecule has 1 aliphatic heterocycles. The summed E-state index contributed by atoms with van der Waals surface area (Å²) in [5.74, 6) is 1.90. The first-order chi connectivity index (χ1) is 15.5. The van der Waals surface area contributed by atoms with Crippen LogP contribution in [0.5, 0.6) is 17.2 Å². The van der Waals surface area contributed by atoms with Crippen LogP contribution in [0.1, 0.15) is 29.2 Å². The minimum Gasteiger partial charge on any atom is -0.493 e. The van der Waals surface area contributed by atoms with Crippen molar-refractivity contribution < 1.29 is 19.0 Å². The number of benzene rings is 2. The number of amides is 1. The number of hydrogen-bond donors (Lipinski definition) is 1. The van der Waals surface area contributed by atoms with Crippen molar-refractivity contribution >= 4 is 33.3 Å².